The molecular formula is C17H20N4S. The highest BCUT2D eigenvalue weighted by atomic mass is 32.1. The van der Waals surface area contributed by atoms with Gasteiger partial charge in [0.25, 0.3) is 0 Å². The molecule has 2 heterocycles. The van der Waals surface area contributed by atoms with E-state index in [2.05, 4.69) is 40.9 Å². The van der Waals surface area contributed by atoms with Crippen LogP contribution in [0, 0.1) is 6.92 Å². The molecule has 0 spiro atoms. The van der Waals surface area contributed by atoms with Gasteiger partial charge in [-0.3, -0.25) is 4.68 Å². The highest BCUT2D eigenvalue weighted by Gasteiger charge is 2.11. The van der Waals surface area contributed by atoms with Crippen LogP contribution in [0.3, 0.4) is 0 Å². The summed E-state index contributed by atoms with van der Waals surface area (Å²) in [5.74, 6) is 0. The molecule has 0 saturated heterocycles. The highest BCUT2D eigenvalue weighted by molar-refractivity contribution is 7.13. The van der Waals surface area contributed by atoms with Gasteiger partial charge in [0, 0.05) is 30.6 Å². The molecule has 0 amide bonds. The summed E-state index contributed by atoms with van der Waals surface area (Å²) in [4.78, 5) is 4.71. The van der Waals surface area contributed by atoms with Gasteiger partial charge in [-0.1, -0.05) is 30.3 Å². The molecule has 2 aromatic heterocycles. The van der Waals surface area contributed by atoms with Crippen molar-refractivity contribution in [3.05, 3.63) is 58.9 Å². The van der Waals surface area contributed by atoms with E-state index in [1.54, 1.807) is 11.3 Å². The van der Waals surface area contributed by atoms with Gasteiger partial charge in [0.15, 0.2) is 0 Å². The second-order valence-electron chi connectivity index (χ2n) is 5.45. The predicted octanol–water partition coefficient (Wildman–Crippen LogP) is 3.70. The minimum absolute atomic E-state index is 0.244. The van der Waals surface area contributed by atoms with Gasteiger partial charge < -0.3 is 5.32 Å². The number of nitrogens with zero attached hydrogens (tertiary/aromatic N) is 3. The van der Waals surface area contributed by atoms with Crippen molar-refractivity contribution in [3.63, 3.8) is 0 Å². The van der Waals surface area contributed by atoms with Crippen molar-refractivity contribution in [2.75, 3.05) is 0 Å². The highest BCUT2D eigenvalue weighted by Crippen LogP contribution is 2.23. The quantitative estimate of drug-likeness (QED) is 0.781. The maximum absolute atomic E-state index is 4.71. The fourth-order valence-electron chi connectivity index (χ4n) is 2.50. The van der Waals surface area contributed by atoms with E-state index in [9.17, 15) is 0 Å². The Balaban J connectivity index is 1.65. The molecular weight excluding hydrogens is 292 g/mol. The van der Waals surface area contributed by atoms with Crippen molar-refractivity contribution in [1.29, 1.82) is 0 Å². The third-order valence-electron chi connectivity index (χ3n) is 3.64. The summed E-state index contributed by atoms with van der Waals surface area (Å²) in [5, 5.41) is 11.1. The molecule has 0 fully saturated rings. The van der Waals surface area contributed by atoms with Crippen LogP contribution in [-0.4, -0.2) is 14.8 Å². The second kappa shape index (κ2) is 6.42. The van der Waals surface area contributed by atoms with Gasteiger partial charge in [0.2, 0.25) is 0 Å². The van der Waals surface area contributed by atoms with Crippen LogP contribution in [0.25, 0.3) is 10.6 Å². The van der Waals surface area contributed by atoms with E-state index in [1.807, 2.05) is 36.9 Å². The van der Waals surface area contributed by atoms with Crippen molar-refractivity contribution in [1.82, 2.24) is 20.1 Å². The van der Waals surface area contributed by atoms with Gasteiger partial charge in [0.05, 0.1) is 17.1 Å². The van der Waals surface area contributed by atoms with Crippen LogP contribution in [0.2, 0.25) is 0 Å². The Hall–Kier alpha value is -1.98. The molecule has 4 nitrogen and oxygen atoms in total. The molecule has 0 aliphatic rings. The lowest BCUT2D eigenvalue weighted by Crippen LogP contribution is -2.20. The Labute approximate surface area is 134 Å². The van der Waals surface area contributed by atoms with Crippen LogP contribution in [0.4, 0.5) is 0 Å². The smallest absolute Gasteiger partial charge is 0.123 e. The number of benzene rings is 1. The number of aryl methyl sites for hydroxylation is 2. The molecule has 0 radical (unpaired) electrons. The van der Waals surface area contributed by atoms with Gasteiger partial charge in [0.1, 0.15) is 5.01 Å². The summed E-state index contributed by atoms with van der Waals surface area (Å²) in [6.07, 6.45) is 0. The Kier molecular flexibility index (Phi) is 4.36. The first-order chi connectivity index (χ1) is 10.6. The molecule has 0 aliphatic heterocycles. The van der Waals surface area contributed by atoms with Crippen LogP contribution >= 0.6 is 11.3 Å². The molecule has 1 unspecified atom stereocenters. The van der Waals surface area contributed by atoms with E-state index in [1.165, 1.54) is 11.3 Å². The predicted molar refractivity (Wildman–Crippen MR) is 90.7 cm³/mol. The fraction of sp³-hybridized carbons (Fsp3) is 0.294. The van der Waals surface area contributed by atoms with E-state index in [4.69, 9.17) is 4.98 Å². The Bertz CT molecular complexity index is 745. The minimum atomic E-state index is 0.244. The third kappa shape index (κ3) is 3.26. The molecule has 0 aliphatic carbocycles. The van der Waals surface area contributed by atoms with Crippen molar-refractivity contribution < 1.29 is 0 Å². The summed E-state index contributed by atoms with van der Waals surface area (Å²) < 4.78 is 1.93. The third-order valence-corrected chi connectivity index (χ3v) is 4.58. The monoisotopic (exact) mass is 312 g/mol. The molecule has 3 aromatic rings. The van der Waals surface area contributed by atoms with Crippen molar-refractivity contribution >= 4 is 11.3 Å². The van der Waals surface area contributed by atoms with Crippen molar-refractivity contribution in [2.24, 2.45) is 7.05 Å². The van der Waals surface area contributed by atoms with Gasteiger partial charge in [-0.15, -0.1) is 11.3 Å². The molecule has 1 atom stereocenters. The maximum atomic E-state index is 4.71. The summed E-state index contributed by atoms with van der Waals surface area (Å²) in [7, 11) is 1.98. The summed E-state index contributed by atoms with van der Waals surface area (Å²) >= 11 is 1.69. The van der Waals surface area contributed by atoms with Crippen LogP contribution in [0.15, 0.2) is 41.8 Å². The van der Waals surface area contributed by atoms with E-state index < -0.39 is 0 Å². The van der Waals surface area contributed by atoms with Gasteiger partial charge >= 0.3 is 0 Å². The van der Waals surface area contributed by atoms with Crippen molar-refractivity contribution in [3.8, 4) is 10.6 Å². The Morgan fingerprint density at radius 3 is 2.73 bits per heavy atom. The van der Waals surface area contributed by atoms with Gasteiger partial charge in [-0.25, -0.2) is 4.98 Å². The van der Waals surface area contributed by atoms with Gasteiger partial charge in [-0.2, -0.15) is 5.10 Å². The van der Waals surface area contributed by atoms with E-state index in [0.717, 1.165) is 22.9 Å². The number of hydrogen-bond acceptors (Lipinski definition) is 4. The molecule has 0 bridgehead atoms. The largest absolute Gasteiger partial charge is 0.303 e. The molecule has 1 N–H and O–H groups in total. The number of aromatic nitrogens is 3. The van der Waals surface area contributed by atoms with E-state index in [-0.39, 0.29) is 6.04 Å². The summed E-state index contributed by atoms with van der Waals surface area (Å²) in [6.45, 7) is 4.93. The normalized spacial score (nSPS) is 12.5. The average Bonchev–Trinajstić information content (AvgIpc) is 3.12. The maximum Gasteiger partial charge on any atom is 0.123 e. The first-order valence-electron chi connectivity index (χ1n) is 7.37. The number of hydrogen-bond donors (Lipinski definition) is 1. The molecule has 5 heteroatoms. The van der Waals surface area contributed by atoms with Gasteiger partial charge in [-0.05, 0) is 19.9 Å². The van der Waals surface area contributed by atoms with Crippen LogP contribution in [-0.2, 0) is 13.6 Å². The van der Waals surface area contributed by atoms with Crippen LogP contribution < -0.4 is 5.32 Å². The average molecular weight is 312 g/mol. The SMILES string of the molecule is Cc1cc(C(C)NCc2csc(-c3ccccc3)n2)n(C)n1. The zero-order valence-electron chi connectivity index (χ0n) is 13.1. The number of thiazole rings is 1. The van der Waals surface area contributed by atoms with E-state index >= 15 is 0 Å². The summed E-state index contributed by atoms with van der Waals surface area (Å²) in [6, 6.07) is 12.7. The fourth-order valence-corrected chi connectivity index (χ4v) is 3.33. The Morgan fingerprint density at radius 1 is 1.27 bits per heavy atom. The molecule has 3 rings (SSSR count). The first-order valence-corrected chi connectivity index (χ1v) is 8.25. The number of rotatable bonds is 5. The topological polar surface area (TPSA) is 42.7 Å². The van der Waals surface area contributed by atoms with Crippen molar-refractivity contribution in [2.45, 2.75) is 26.4 Å². The molecule has 1 aromatic carbocycles. The minimum Gasteiger partial charge on any atom is -0.303 e. The summed E-state index contributed by atoms with van der Waals surface area (Å²) in [5.41, 5.74) is 4.49. The zero-order chi connectivity index (χ0) is 15.5. The Morgan fingerprint density at radius 2 is 2.05 bits per heavy atom. The van der Waals surface area contributed by atoms with Crippen LogP contribution in [0.5, 0.6) is 0 Å². The lowest BCUT2D eigenvalue weighted by Gasteiger charge is -2.13. The molecule has 114 valence electrons. The second-order valence-corrected chi connectivity index (χ2v) is 6.30. The molecule has 22 heavy (non-hydrogen) atoms. The first kappa shape index (κ1) is 14.9. The zero-order valence-corrected chi connectivity index (χ0v) is 13.9. The van der Waals surface area contributed by atoms with Crippen LogP contribution in [0.1, 0.15) is 30.0 Å². The number of nitrogens with one attached hydrogen (secondary N) is 1. The standard InChI is InChI=1S/C17H20N4S/c1-12-9-16(21(3)20-12)13(2)18-10-15-11-22-17(19-15)14-7-5-4-6-8-14/h4-9,11,13,18H,10H2,1-3H3. The lowest BCUT2D eigenvalue weighted by molar-refractivity contribution is 0.526. The van der Waals surface area contributed by atoms with E-state index in [0.29, 0.717) is 0 Å². The lowest BCUT2D eigenvalue weighted by atomic mass is 10.2. The molecule has 0 saturated carbocycles.